The van der Waals surface area contributed by atoms with Crippen LogP contribution < -0.4 is 10.1 Å². The predicted molar refractivity (Wildman–Crippen MR) is 75.6 cm³/mol. The first kappa shape index (κ1) is 13.8. The van der Waals surface area contributed by atoms with E-state index in [2.05, 4.69) is 22.2 Å². The Balaban J connectivity index is 2.38. The highest BCUT2D eigenvalue weighted by molar-refractivity contribution is 6.30. The number of methoxy groups -OCH3 is 1. The molecule has 0 radical (unpaired) electrons. The second-order valence-electron chi connectivity index (χ2n) is 4.03. The lowest BCUT2D eigenvalue weighted by Gasteiger charge is -2.18. The van der Waals surface area contributed by atoms with Gasteiger partial charge in [0.05, 0.1) is 18.8 Å². The molecule has 0 aliphatic carbocycles. The minimum Gasteiger partial charge on any atom is -0.481 e. The molecule has 0 saturated carbocycles. The topological polar surface area (TPSA) is 47.0 Å². The van der Waals surface area contributed by atoms with Crippen molar-refractivity contribution >= 4 is 11.6 Å². The van der Waals surface area contributed by atoms with Crippen LogP contribution in [0.25, 0.3) is 0 Å². The van der Waals surface area contributed by atoms with E-state index in [1.165, 1.54) is 6.33 Å². The van der Waals surface area contributed by atoms with Gasteiger partial charge in [0.25, 0.3) is 0 Å². The molecule has 5 heteroatoms. The van der Waals surface area contributed by atoms with Gasteiger partial charge in [0.1, 0.15) is 6.33 Å². The zero-order valence-corrected chi connectivity index (χ0v) is 11.7. The van der Waals surface area contributed by atoms with Crippen molar-refractivity contribution in [1.82, 2.24) is 15.3 Å². The van der Waals surface area contributed by atoms with E-state index in [4.69, 9.17) is 16.3 Å². The smallest absolute Gasteiger partial charge is 0.216 e. The zero-order valence-electron chi connectivity index (χ0n) is 10.9. The molecule has 100 valence electrons. The maximum atomic E-state index is 6.05. The summed E-state index contributed by atoms with van der Waals surface area (Å²) in [5.41, 5.74) is 1.92. The van der Waals surface area contributed by atoms with E-state index in [0.717, 1.165) is 17.8 Å². The lowest BCUT2D eigenvalue weighted by molar-refractivity contribution is 0.395. The molecule has 0 amide bonds. The van der Waals surface area contributed by atoms with Gasteiger partial charge >= 0.3 is 0 Å². The molecule has 0 saturated heterocycles. The normalized spacial score (nSPS) is 12.2. The van der Waals surface area contributed by atoms with Crippen molar-refractivity contribution in [2.24, 2.45) is 0 Å². The lowest BCUT2D eigenvalue weighted by Crippen LogP contribution is -2.23. The Morgan fingerprint density at radius 3 is 2.84 bits per heavy atom. The van der Waals surface area contributed by atoms with Crippen molar-refractivity contribution in [1.29, 1.82) is 0 Å². The minimum absolute atomic E-state index is 0.0272. The zero-order chi connectivity index (χ0) is 13.7. The van der Waals surface area contributed by atoms with Crippen molar-refractivity contribution in [3.63, 3.8) is 0 Å². The van der Waals surface area contributed by atoms with Crippen LogP contribution in [0.2, 0.25) is 5.02 Å². The average Bonchev–Trinajstić information content (AvgIpc) is 2.45. The van der Waals surface area contributed by atoms with Crippen LogP contribution in [0.15, 0.2) is 36.7 Å². The lowest BCUT2D eigenvalue weighted by atomic mass is 10.0. The van der Waals surface area contributed by atoms with E-state index in [1.54, 1.807) is 7.11 Å². The van der Waals surface area contributed by atoms with Gasteiger partial charge in [-0.3, -0.25) is 0 Å². The number of nitrogens with one attached hydrogen (secondary N) is 1. The van der Waals surface area contributed by atoms with Crippen LogP contribution in [0.3, 0.4) is 0 Å². The third-order valence-electron chi connectivity index (χ3n) is 2.76. The van der Waals surface area contributed by atoms with E-state index in [9.17, 15) is 0 Å². The summed E-state index contributed by atoms with van der Waals surface area (Å²) >= 11 is 6.05. The van der Waals surface area contributed by atoms with E-state index >= 15 is 0 Å². The van der Waals surface area contributed by atoms with E-state index in [-0.39, 0.29) is 6.04 Å². The molecule has 1 aromatic carbocycles. The summed E-state index contributed by atoms with van der Waals surface area (Å²) in [6.45, 7) is 2.87. The Labute approximate surface area is 117 Å². The Hall–Kier alpha value is -1.65. The second-order valence-corrected chi connectivity index (χ2v) is 4.47. The quantitative estimate of drug-likeness (QED) is 0.913. The SMILES string of the molecule is CCNC(c1cccc(Cl)c1)c1cc(OC)ncn1. The third kappa shape index (κ3) is 3.43. The first-order chi connectivity index (χ1) is 9.24. The molecule has 1 atom stereocenters. The first-order valence-corrected chi connectivity index (χ1v) is 6.47. The number of nitrogens with zero attached hydrogens (tertiary/aromatic N) is 2. The maximum absolute atomic E-state index is 6.05. The number of halogens is 1. The fourth-order valence-electron chi connectivity index (χ4n) is 1.91. The number of rotatable bonds is 5. The molecule has 4 nitrogen and oxygen atoms in total. The predicted octanol–water partition coefficient (Wildman–Crippen LogP) is 2.84. The van der Waals surface area contributed by atoms with Gasteiger partial charge in [-0.1, -0.05) is 30.7 Å². The summed E-state index contributed by atoms with van der Waals surface area (Å²) in [7, 11) is 1.59. The summed E-state index contributed by atoms with van der Waals surface area (Å²) in [5, 5.41) is 4.10. The molecule has 0 aliphatic rings. The van der Waals surface area contributed by atoms with Crippen LogP contribution in [0, 0.1) is 0 Å². The van der Waals surface area contributed by atoms with E-state index in [1.807, 2.05) is 30.3 Å². The molecule has 1 heterocycles. The molecule has 19 heavy (non-hydrogen) atoms. The molecule has 1 N–H and O–H groups in total. The second kappa shape index (κ2) is 6.50. The van der Waals surface area contributed by atoms with Crippen LogP contribution in [-0.2, 0) is 0 Å². The summed E-state index contributed by atoms with van der Waals surface area (Å²) in [6, 6.07) is 9.54. The van der Waals surface area contributed by atoms with Crippen LogP contribution in [0.1, 0.15) is 24.2 Å². The summed E-state index contributed by atoms with van der Waals surface area (Å²) in [5.74, 6) is 0.551. The van der Waals surface area contributed by atoms with Crippen molar-refractivity contribution < 1.29 is 4.74 Å². The molecule has 2 aromatic rings. The monoisotopic (exact) mass is 277 g/mol. The van der Waals surface area contributed by atoms with E-state index in [0.29, 0.717) is 10.9 Å². The van der Waals surface area contributed by atoms with Gasteiger partial charge < -0.3 is 10.1 Å². The van der Waals surface area contributed by atoms with Gasteiger partial charge in [-0.15, -0.1) is 0 Å². The molecule has 0 aliphatic heterocycles. The van der Waals surface area contributed by atoms with Crippen molar-refractivity contribution in [2.75, 3.05) is 13.7 Å². The molecule has 0 spiro atoms. The van der Waals surface area contributed by atoms with Crippen molar-refractivity contribution in [3.8, 4) is 5.88 Å². The van der Waals surface area contributed by atoms with Crippen molar-refractivity contribution in [2.45, 2.75) is 13.0 Å². The van der Waals surface area contributed by atoms with Crippen LogP contribution >= 0.6 is 11.6 Å². The third-order valence-corrected chi connectivity index (χ3v) is 2.99. The number of hydrogen-bond donors (Lipinski definition) is 1. The molecule has 2 rings (SSSR count). The Bertz CT molecular complexity index is 548. The average molecular weight is 278 g/mol. The van der Waals surface area contributed by atoms with Gasteiger partial charge in [0, 0.05) is 11.1 Å². The fourth-order valence-corrected chi connectivity index (χ4v) is 2.11. The number of benzene rings is 1. The van der Waals surface area contributed by atoms with Gasteiger partial charge in [0.2, 0.25) is 5.88 Å². The van der Waals surface area contributed by atoms with Crippen LogP contribution in [0.4, 0.5) is 0 Å². The van der Waals surface area contributed by atoms with Gasteiger partial charge in [0.15, 0.2) is 0 Å². The van der Waals surface area contributed by atoms with Gasteiger partial charge in [-0.2, -0.15) is 0 Å². The van der Waals surface area contributed by atoms with Gasteiger partial charge in [-0.25, -0.2) is 9.97 Å². The fraction of sp³-hybridized carbons (Fsp3) is 0.286. The Morgan fingerprint density at radius 1 is 1.32 bits per heavy atom. The summed E-state index contributed by atoms with van der Waals surface area (Å²) in [6.07, 6.45) is 1.50. The van der Waals surface area contributed by atoms with Gasteiger partial charge in [-0.05, 0) is 24.2 Å². The number of ether oxygens (including phenoxy) is 1. The Morgan fingerprint density at radius 2 is 2.16 bits per heavy atom. The minimum atomic E-state index is -0.0272. The highest BCUT2D eigenvalue weighted by Crippen LogP contribution is 2.24. The molecule has 1 aromatic heterocycles. The van der Waals surface area contributed by atoms with Crippen LogP contribution in [-0.4, -0.2) is 23.6 Å². The number of aromatic nitrogens is 2. The number of hydrogen-bond acceptors (Lipinski definition) is 4. The molecule has 1 unspecified atom stereocenters. The molecular formula is C14H16ClN3O. The van der Waals surface area contributed by atoms with E-state index < -0.39 is 0 Å². The standard InChI is InChI=1S/C14H16ClN3O/c1-3-16-14(10-5-4-6-11(15)7-10)12-8-13(19-2)18-9-17-12/h4-9,14,16H,3H2,1-2H3. The highest BCUT2D eigenvalue weighted by Gasteiger charge is 2.15. The summed E-state index contributed by atoms with van der Waals surface area (Å²) < 4.78 is 5.14. The van der Waals surface area contributed by atoms with Crippen LogP contribution in [0.5, 0.6) is 5.88 Å². The van der Waals surface area contributed by atoms with Crippen molar-refractivity contribution in [3.05, 3.63) is 52.9 Å². The maximum Gasteiger partial charge on any atom is 0.216 e. The summed E-state index contributed by atoms with van der Waals surface area (Å²) in [4.78, 5) is 8.34. The first-order valence-electron chi connectivity index (χ1n) is 6.09. The largest absolute Gasteiger partial charge is 0.481 e. The molecular weight excluding hydrogens is 262 g/mol. The Kier molecular flexibility index (Phi) is 4.71. The highest BCUT2D eigenvalue weighted by atomic mass is 35.5. The molecule has 0 fully saturated rings. The molecule has 0 bridgehead atoms.